The van der Waals surface area contributed by atoms with Gasteiger partial charge in [-0.05, 0) is 55.2 Å². The molecule has 0 atom stereocenters. The molecule has 1 fully saturated rings. The quantitative estimate of drug-likeness (QED) is 0.648. The summed E-state index contributed by atoms with van der Waals surface area (Å²) in [6.07, 6.45) is 4.69. The van der Waals surface area contributed by atoms with Gasteiger partial charge in [-0.2, -0.15) is 5.10 Å². The van der Waals surface area contributed by atoms with Crippen molar-refractivity contribution in [3.05, 3.63) is 82.7 Å². The monoisotopic (exact) mass is 433 g/mol. The van der Waals surface area contributed by atoms with E-state index in [1.54, 1.807) is 11.1 Å². The molecular formula is C24H24FN5O2. The summed E-state index contributed by atoms with van der Waals surface area (Å²) in [6.45, 7) is 1.96. The molecule has 0 saturated heterocycles. The fourth-order valence-electron chi connectivity index (χ4n) is 4.07. The van der Waals surface area contributed by atoms with Crippen molar-refractivity contribution in [2.75, 3.05) is 6.54 Å². The van der Waals surface area contributed by atoms with E-state index in [1.165, 1.54) is 37.1 Å². The second-order valence-corrected chi connectivity index (χ2v) is 8.39. The van der Waals surface area contributed by atoms with Gasteiger partial charge in [0.25, 0.3) is 11.8 Å². The molecule has 32 heavy (non-hydrogen) atoms. The maximum absolute atomic E-state index is 13.3. The highest BCUT2D eigenvalue weighted by Gasteiger charge is 2.32. The Morgan fingerprint density at radius 1 is 1.12 bits per heavy atom. The summed E-state index contributed by atoms with van der Waals surface area (Å²) in [5.41, 5.74) is 3.39. The third kappa shape index (κ3) is 4.26. The number of nitrogens with one attached hydrogen (secondary N) is 1. The van der Waals surface area contributed by atoms with Crippen molar-refractivity contribution in [3.8, 4) is 0 Å². The minimum absolute atomic E-state index is 0.176. The topological polar surface area (TPSA) is 80.1 Å². The van der Waals surface area contributed by atoms with Gasteiger partial charge in [0.2, 0.25) is 0 Å². The number of carbonyl (C=O) groups is 2. The highest BCUT2D eigenvalue weighted by Crippen LogP contribution is 2.33. The summed E-state index contributed by atoms with van der Waals surface area (Å²) in [5.74, 6) is -0.207. The van der Waals surface area contributed by atoms with Gasteiger partial charge in [0, 0.05) is 42.5 Å². The number of halogens is 1. The highest BCUT2D eigenvalue weighted by atomic mass is 19.1. The van der Waals surface area contributed by atoms with Crippen LogP contribution in [0, 0.1) is 11.7 Å². The van der Waals surface area contributed by atoms with Crippen molar-refractivity contribution >= 4 is 11.8 Å². The Balaban J connectivity index is 1.38. The molecular weight excluding hydrogens is 409 g/mol. The number of hydrogen-bond donors (Lipinski definition) is 1. The zero-order chi connectivity index (χ0) is 22.1. The Bertz CT molecular complexity index is 1140. The molecule has 1 aliphatic heterocycles. The Morgan fingerprint density at radius 2 is 1.94 bits per heavy atom. The minimum Gasteiger partial charge on any atom is -0.345 e. The first kappa shape index (κ1) is 20.4. The van der Waals surface area contributed by atoms with Crippen LogP contribution in [-0.2, 0) is 26.1 Å². The van der Waals surface area contributed by atoms with Gasteiger partial charge in [0.15, 0.2) is 5.69 Å². The van der Waals surface area contributed by atoms with E-state index in [9.17, 15) is 14.0 Å². The van der Waals surface area contributed by atoms with Crippen molar-refractivity contribution < 1.29 is 14.0 Å². The molecule has 7 nitrogen and oxygen atoms in total. The van der Waals surface area contributed by atoms with Gasteiger partial charge in [0.05, 0.1) is 18.8 Å². The number of aromatic nitrogens is 3. The first-order valence-electron chi connectivity index (χ1n) is 10.9. The fraction of sp³-hybridized carbons (Fsp3) is 0.333. The molecule has 164 valence electrons. The maximum Gasteiger partial charge on any atom is 0.272 e. The first-order chi connectivity index (χ1) is 15.6. The molecule has 3 aromatic rings. The predicted molar refractivity (Wildman–Crippen MR) is 115 cm³/mol. The van der Waals surface area contributed by atoms with E-state index in [4.69, 9.17) is 0 Å². The van der Waals surface area contributed by atoms with Gasteiger partial charge in [-0.1, -0.05) is 6.07 Å². The Labute approximate surface area is 185 Å². The second kappa shape index (κ2) is 8.53. The van der Waals surface area contributed by atoms with Gasteiger partial charge in [-0.15, -0.1) is 0 Å². The van der Waals surface area contributed by atoms with Crippen LogP contribution in [0.1, 0.15) is 50.6 Å². The standard InChI is InChI=1S/C24H24FN5O2/c25-18-8-6-17(7-9-18)24(32)29-12-10-21-20(15-29)22(28-30(21)14-16-4-5-16)23(31)27-13-19-3-1-2-11-26-19/h1-3,6-9,11,16H,4-5,10,12-15H2,(H,27,31). The van der Waals surface area contributed by atoms with E-state index in [0.29, 0.717) is 43.2 Å². The lowest BCUT2D eigenvalue weighted by atomic mass is 10.0. The summed E-state index contributed by atoms with van der Waals surface area (Å²) >= 11 is 0. The Hall–Kier alpha value is -3.55. The van der Waals surface area contributed by atoms with Crippen LogP contribution in [0.25, 0.3) is 0 Å². The van der Waals surface area contributed by atoms with Crippen molar-refractivity contribution in [3.63, 3.8) is 0 Å². The summed E-state index contributed by atoms with van der Waals surface area (Å²) in [5, 5.41) is 7.57. The van der Waals surface area contributed by atoms with Crippen LogP contribution in [0.5, 0.6) is 0 Å². The third-order valence-electron chi connectivity index (χ3n) is 6.01. The average Bonchev–Trinajstić information content (AvgIpc) is 3.57. The summed E-state index contributed by atoms with van der Waals surface area (Å²) < 4.78 is 15.2. The van der Waals surface area contributed by atoms with Gasteiger partial charge >= 0.3 is 0 Å². The van der Waals surface area contributed by atoms with Crippen molar-refractivity contribution in [1.29, 1.82) is 0 Å². The summed E-state index contributed by atoms with van der Waals surface area (Å²) in [6, 6.07) is 11.1. The molecule has 8 heteroatoms. The van der Waals surface area contributed by atoms with Crippen LogP contribution in [0.3, 0.4) is 0 Å². The molecule has 1 saturated carbocycles. The number of rotatable bonds is 6. The number of carbonyl (C=O) groups excluding carboxylic acids is 2. The number of benzene rings is 1. The average molecular weight is 433 g/mol. The molecule has 0 radical (unpaired) electrons. The van der Waals surface area contributed by atoms with Gasteiger partial charge in [-0.3, -0.25) is 19.3 Å². The number of hydrogen-bond acceptors (Lipinski definition) is 4. The molecule has 1 N–H and O–H groups in total. The van der Waals surface area contributed by atoms with E-state index < -0.39 is 0 Å². The van der Waals surface area contributed by atoms with Crippen LogP contribution >= 0.6 is 0 Å². The Morgan fingerprint density at radius 3 is 2.66 bits per heavy atom. The van der Waals surface area contributed by atoms with Crippen molar-refractivity contribution in [2.24, 2.45) is 5.92 Å². The lowest BCUT2D eigenvalue weighted by molar-refractivity contribution is 0.0730. The molecule has 1 aliphatic carbocycles. The van der Waals surface area contributed by atoms with E-state index >= 15 is 0 Å². The van der Waals surface area contributed by atoms with E-state index in [1.807, 2.05) is 22.9 Å². The third-order valence-corrected chi connectivity index (χ3v) is 6.01. The number of amides is 2. The predicted octanol–water partition coefficient (Wildman–Crippen LogP) is 2.96. The molecule has 1 aromatic carbocycles. The fourth-order valence-corrected chi connectivity index (χ4v) is 4.07. The van der Waals surface area contributed by atoms with Gasteiger partial charge in [0.1, 0.15) is 5.82 Å². The van der Waals surface area contributed by atoms with E-state index in [-0.39, 0.29) is 17.6 Å². The molecule has 2 aliphatic rings. The summed E-state index contributed by atoms with van der Waals surface area (Å²) in [4.78, 5) is 31.9. The van der Waals surface area contributed by atoms with Crippen LogP contribution in [0.4, 0.5) is 4.39 Å². The summed E-state index contributed by atoms with van der Waals surface area (Å²) in [7, 11) is 0. The first-order valence-corrected chi connectivity index (χ1v) is 10.9. The van der Waals surface area contributed by atoms with Crippen molar-refractivity contribution in [2.45, 2.75) is 38.9 Å². The van der Waals surface area contributed by atoms with Crippen LogP contribution < -0.4 is 5.32 Å². The van der Waals surface area contributed by atoms with Crippen molar-refractivity contribution in [1.82, 2.24) is 25.0 Å². The van der Waals surface area contributed by atoms with Gasteiger partial charge in [-0.25, -0.2) is 4.39 Å². The van der Waals surface area contributed by atoms with Crippen LogP contribution in [-0.4, -0.2) is 38.0 Å². The lowest BCUT2D eigenvalue weighted by Gasteiger charge is -2.28. The van der Waals surface area contributed by atoms with Gasteiger partial charge < -0.3 is 10.2 Å². The van der Waals surface area contributed by atoms with Crippen LogP contribution in [0.15, 0.2) is 48.7 Å². The molecule has 0 spiro atoms. The van der Waals surface area contributed by atoms with E-state index in [0.717, 1.165) is 23.5 Å². The number of nitrogens with zero attached hydrogens (tertiary/aromatic N) is 4. The molecule has 5 rings (SSSR count). The maximum atomic E-state index is 13.3. The Kier molecular flexibility index (Phi) is 5.43. The number of pyridine rings is 1. The molecule has 0 bridgehead atoms. The zero-order valence-electron chi connectivity index (χ0n) is 17.6. The zero-order valence-corrected chi connectivity index (χ0v) is 17.6. The SMILES string of the molecule is O=C(NCc1ccccn1)c1nn(CC2CC2)c2c1CN(C(=O)c1ccc(F)cc1)CC2. The largest absolute Gasteiger partial charge is 0.345 e. The highest BCUT2D eigenvalue weighted by molar-refractivity contribution is 5.96. The van der Waals surface area contributed by atoms with E-state index in [2.05, 4.69) is 15.4 Å². The minimum atomic E-state index is -0.379. The molecule has 3 heterocycles. The van der Waals surface area contributed by atoms with Crippen LogP contribution in [0.2, 0.25) is 0 Å². The molecule has 2 amide bonds. The number of fused-ring (bicyclic) bond motifs is 1. The second-order valence-electron chi connectivity index (χ2n) is 8.39. The molecule has 0 unspecified atom stereocenters. The molecule has 2 aromatic heterocycles. The smallest absolute Gasteiger partial charge is 0.272 e. The lowest BCUT2D eigenvalue weighted by Crippen LogP contribution is -2.37. The normalized spacial score (nSPS) is 15.3.